The average Bonchev–Trinajstić information content (AvgIpc) is 2.88. The van der Waals surface area contributed by atoms with E-state index in [9.17, 15) is 19.3 Å². The zero-order valence-electron chi connectivity index (χ0n) is 12.5. The van der Waals surface area contributed by atoms with Crippen molar-refractivity contribution in [2.45, 2.75) is 0 Å². The summed E-state index contributed by atoms with van der Waals surface area (Å²) in [6.07, 6.45) is 1.62. The van der Waals surface area contributed by atoms with Gasteiger partial charge in [0.25, 0.3) is 11.6 Å². The highest BCUT2D eigenvalue weighted by Gasteiger charge is 2.22. The van der Waals surface area contributed by atoms with Gasteiger partial charge in [0.2, 0.25) is 0 Å². The molecule has 2 aromatic rings. The maximum atomic E-state index is 13.8. The van der Waals surface area contributed by atoms with Crippen LogP contribution in [0.1, 0.15) is 5.56 Å². The molecule has 1 fully saturated rings. The van der Waals surface area contributed by atoms with Crippen LogP contribution in [-0.2, 0) is 4.79 Å². The van der Waals surface area contributed by atoms with Crippen molar-refractivity contribution in [2.24, 2.45) is 0 Å². The second kappa shape index (κ2) is 6.73. The number of nitrogens with zero attached hydrogens (tertiary/aromatic N) is 1. The Kier molecular flexibility index (Phi) is 4.48. The summed E-state index contributed by atoms with van der Waals surface area (Å²) in [6, 6.07) is 9.63. The molecule has 126 valence electrons. The van der Waals surface area contributed by atoms with Gasteiger partial charge in [0.05, 0.1) is 15.9 Å². The molecule has 3 rings (SSSR count). The lowest BCUT2D eigenvalue weighted by molar-refractivity contribution is -0.385. The molecule has 0 aromatic heterocycles. The smallest absolute Gasteiger partial charge is 0.272 e. The number of ether oxygens (including phenoxy) is 1. The molecule has 2 N–H and O–H groups in total. The number of carbonyl (C=O) groups excluding carboxylic acids is 1. The first kappa shape index (κ1) is 16.7. The number of halogens is 1. The Morgan fingerprint density at radius 2 is 1.96 bits per heavy atom. The summed E-state index contributed by atoms with van der Waals surface area (Å²) in [7, 11) is 0. The fourth-order valence-corrected chi connectivity index (χ4v) is 2.74. The largest absolute Gasteiger partial charge is 0.454 e. The molecule has 1 aliphatic rings. The van der Waals surface area contributed by atoms with Crippen molar-refractivity contribution in [1.82, 2.24) is 5.32 Å². The number of thioether (sulfide) groups is 1. The van der Waals surface area contributed by atoms with E-state index >= 15 is 0 Å². The standard InChI is InChI=1S/C16H10FN3O4S/c17-12-8-10(20(22)23)3-6-13(12)24-11-4-1-9(2-5-11)7-14-15(21)19-16(18)25-14/h1-8H,(H2,18,19,21). The summed E-state index contributed by atoms with van der Waals surface area (Å²) < 4.78 is 19.2. The van der Waals surface area contributed by atoms with Crippen molar-refractivity contribution in [3.05, 3.63) is 68.9 Å². The topological polar surface area (TPSA) is 105 Å². The lowest BCUT2D eigenvalue weighted by atomic mass is 10.2. The highest BCUT2D eigenvalue weighted by molar-refractivity contribution is 8.18. The molecular weight excluding hydrogens is 349 g/mol. The minimum absolute atomic E-state index is 0.0739. The van der Waals surface area contributed by atoms with Gasteiger partial charge in [0.15, 0.2) is 16.7 Å². The van der Waals surface area contributed by atoms with E-state index in [-0.39, 0.29) is 22.5 Å². The molecule has 1 heterocycles. The van der Waals surface area contributed by atoms with E-state index in [1.165, 1.54) is 6.07 Å². The van der Waals surface area contributed by atoms with Gasteiger partial charge in [-0.15, -0.1) is 0 Å². The number of amides is 1. The molecule has 1 aliphatic heterocycles. The number of nitrogens with one attached hydrogen (secondary N) is 2. The van der Waals surface area contributed by atoms with Gasteiger partial charge in [-0.1, -0.05) is 12.1 Å². The number of nitro groups is 1. The first-order valence-electron chi connectivity index (χ1n) is 6.94. The lowest BCUT2D eigenvalue weighted by Gasteiger charge is -2.07. The maximum absolute atomic E-state index is 13.8. The van der Waals surface area contributed by atoms with Crippen molar-refractivity contribution in [1.29, 1.82) is 5.41 Å². The Balaban J connectivity index is 1.75. The predicted octanol–water partition coefficient (Wildman–Crippen LogP) is 3.66. The molecule has 0 spiro atoms. The van der Waals surface area contributed by atoms with E-state index in [0.29, 0.717) is 16.2 Å². The van der Waals surface area contributed by atoms with E-state index in [1.54, 1.807) is 30.3 Å². The van der Waals surface area contributed by atoms with E-state index < -0.39 is 10.7 Å². The SMILES string of the molecule is N=C1NC(=O)C(=Cc2ccc(Oc3ccc([N+](=O)[O-])cc3F)cc2)S1. The van der Waals surface area contributed by atoms with Crippen LogP contribution in [0.3, 0.4) is 0 Å². The first-order valence-corrected chi connectivity index (χ1v) is 7.75. The molecule has 0 bridgehead atoms. The van der Waals surface area contributed by atoms with E-state index in [2.05, 4.69) is 5.32 Å². The van der Waals surface area contributed by atoms with Gasteiger partial charge in [-0.2, -0.15) is 0 Å². The van der Waals surface area contributed by atoms with E-state index in [4.69, 9.17) is 10.1 Å². The Morgan fingerprint density at radius 3 is 2.52 bits per heavy atom. The molecule has 0 radical (unpaired) electrons. The average molecular weight is 359 g/mol. The molecule has 9 heteroatoms. The third-order valence-corrected chi connectivity index (χ3v) is 4.02. The molecule has 1 saturated heterocycles. The Morgan fingerprint density at radius 1 is 1.24 bits per heavy atom. The molecular formula is C16H10FN3O4S. The summed E-state index contributed by atoms with van der Waals surface area (Å²) in [5.74, 6) is -0.955. The Bertz CT molecular complexity index is 912. The van der Waals surface area contributed by atoms with E-state index in [1.807, 2.05) is 0 Å². The van der Waals surface area contributed by atoms with Crippen LogP contribution in [0, 0.1) is 21.3 Å². The summed E-state index contributed by atoms with van der Waals surface area (Å²) in [6.45, 7) is 0. The highest BCUT2D eigenvalue weighted by atomic mass is 32.2. The number of benzene rings is 2. The number of hydrogen-bond acceptors (Lipinski definition) is 6. The van der Waals surface area contributed by atoms with Gasteiger partial charge in [-0.3, -0.25) is 20.3 Å². The normalized spacial score (nSPS) is 15.3. The third-order valence-electron chi connectivity index (χ3n) is 3.19. The lowest BCUT2D eigenvalue weighted by Crippen LogP contribution is -2.18. The fraction of sp³-hybridized carbons (Fsp3) is 0. The van der Waals surface area contributed by atoms with Crippen LogP contribution in [0.4, 0.5) is 10.1 Å². The van der Waals surface area contributed by atoms with Crippen LogP contribution < -0.4 is 10.1 Å². The zero-order chi connectivity index (χ0) is 18.0. The van der Waals surface area contributed by atoms with Gasteiger partial charge in [-0.05, 0) is 41.6 Å². The van der Waals surface area contributed by atoms with Crippen molar-refractivity contribution in [3.63, 3.8) is 0 Å². The molecule has 0 atom stereocenters. The van der Waals surface area contributed by atoms with E-state index in [0.717, 1.165) is 23.9 Å². The fourth-order valence-electron chi connectivity index (χ4n) is 2.04. The van der Waals surface area contributed by atoms with Gasteiger partial charge >= 0.3 is 0 Å². The van der Waals surface area contributed by atoms with Gasteiger partial charge < -0.3 is 10.1 Å². The molecule has 0 saturated carbocycles. The van der Waals surface area contributed by atoms with Crippen LogP contribution in [-0.4, -0.2) is 16.0 Å². The van der Waals surface area contributed by atoms with Crippen molar-refractivity contribution in [3.8, 4) is 11.5 Å². The number of nitro benzene ring substituents is 1. The highest BCUT2D eigenvalue weighted by Crippen LogP contribution is 2.29. The number of amidine groups is 1. The summed E-state index contributed by atoms with van der Waals surface area (Å²) >= 11 is 1.03. The first-order chi connectivity index (χ1) is 11.9. The van der Waals surface area contributed by atoms with Crippen molar-refractivity contribution >= 4 is 34.6 Å². The summed E-state index contributed by atoms with van der Waals surface area (Å²) in [5, 5.41) is 20.4. The second-order valence-corrected chi connectivity index (χ2v) is 5.99. The van der Waals surface area contributed by atoms with Crippen LogP contribution >= 0.6 is 11.8 Å². The Hall–Kier alpha value is -3.20. The molecule has 25 heavy (non-hydrogen) atoms. The molecule has 1 amide bonds. The predicted molar refractivity (Wildman–Crippen MR) is 91.0 cm³/mol. The van der Waals surface area contributed by atoms with Gasteiger partial charge in [0.1, 0.15) is 5.75 Å². The van der Waals surface area contributed by atoms with Gasteiger partial charge in [-0.25, -0.2) is 4.39 Å². The third kappa shape index (κ3) is 3.83. The minimum Gasteiger partial charge on any atom is -0.454 e. The number of rotatable bonds is 4. The summed E-state index contributed by atoms with van der Waals surface area (Å²) in [5.41, 5.74) is 0.355. The van der Waals surface area contributed by atoms with Crippen molar-refractivity contribution < 1.29 is 18.8 Å². The number of hydrogen-bond donors (Lipinski definition) is 2. The van der Waals surface area contributed by atoms with Crippen LogP contribution in [0.5, 0.6) is 11.5 Å². The van der Waals surface area contributed by atoms with Crippen LogP contribution in [0.2, 0.25) is 0 Å². The quantitative estimate of drug-likeness (QED) is 0.492. The number of carbonyl (C=O) groups is 1. The molecule has 0 unspecified atom stereocenters. The van der Waals surface area contributed by atoms with Gasteiger partial charge in [0, 0.05) is 6.07 Å². The Labute approximate surface area is 145 Å². The molecule has 2 aromatic carbocycles. The summed E-state index contributed by atoms with van der Waals surface area (Å²) in [4.78, 5) is 21.9. The zero-order valence-corrected chi connectivity index (χ0v) is 13.3. The number of non-ortho nitro benzene ring substituents is 1. The minimum atomic E-state index is -0.835. The monoisotopic (exact) mass is 359 g/mol. The van der Waals surface area contributed by atoms with Crippen LogP contribution in [0.15, 0.2) is 47.4 Å². The maximum Gasteiger partial charge on any atom is 0.272 e. The van der Waals surface area contributed by atoms with Crippen LogP contribution in [0.25, 0.3) is 6.08 Å². The molecule has 7 nitrogen and oxygen atoms in total. The van der Waals surface area contributed by atoms with Crippen molar-refractivity contribution in [2.75, 3.05) is 0 Å². The second-order valence-electron chi connectivity index (χ2n) is 4.94. The molecule has 0 aliphatic carbocycles.